The van der Waals surface area contributed by atoms with E-state index in [-0.39, 0.29) is 25.1 Å². The summed E-state index contributed by atoms with van der Waals surface area (Å²) in [5, 5.41) is 21.6. The van der Waals surface area contributed by atoms with E-state index in [9.17, 15) is 27.8 Å². The summed E-state index contributed by atoms with van der Waals surface area (Å²) >= 11 is 0. The van der Waals surface area contributed by atoms with E-state index < -0.39 is 40.4 Å². The van der Waals surface area contributed by atoms with Crippen molar-refractivity contribution in [2.75, 3.05) is 33.4 Å². The number of methoxy groups -OCH3 is 1. The summed E-state index contributed by atoms with van der Waals surface area (Å²) < 4.78 is 60.5. The zero-order valence-corrected chi connectivity index (χ0v) is 20.4. The van der Waals surface area contributed by atoms with Crippen LogP contribution in [0.25, 0.3) is 10.9 Å². The molecule has 0 radical (unpaired) electrons. The van der Waals surface area contributed by atoms with Gasteiger partial charge in [-0.3, -0.25) is 9.88 Å². The van der Waals surface area contributed by atoms with Crippen molar-refractivity contribution >= 4 is 10.9 Å². The average molecular weight is 517 g/mol. The molecule has 1 aromatic heterocycles. The summed E-state index contributed by atoms with van der Waals surface area (Å²) in [6.07, 6.45) is 1.96. The first-order valence-corrected chi connectivity index (χ1v) is 12.0. The number of aliphatic hydroxyl groups is 2. The topological polar surface area (TPSA) is 65.8 Å². The van der Waals surface area contributed by atoms with Gasteiger partial charge in [-0.2, -0.15) is 0 Å². The molecule has 1 fully saturated rings. The van der Waals surface area contributed by atoms with E-state index in [4.69, 9.17) is 4.74 Å². The van der Waals surface area contributed by atoms with Crippen molar-refractivity contribution in [1.82, 2.24) is 9.88 Å². The fraction of sp³-hybridized carbons (Fsp3) is 0.393. The summed E-state index contributed by atoms with van der Waals surface area (Å²) in [6, 6.07) is 6.25. The van der Waals surface area contributed by atoms with Gasteiger partial charge in [0.2, 0.25) is 0 Å². The Labute approximate surface area is 212 Å². The summed E-state index contributed by atoms with van der Waals surface area (Å²) in [5.74, 6) is 2.01. The van der Waals surface area contributed by atoms with Gasteiger partial charge in [0.1, 0.15) is 29.0 Å². The summed E-state index contributed by atoms with van der Waals surface area (Å²) in [5.41, 5.74) is -0.213. The number of benzene rings is 2. The van der Waals surface area contributed by atoms with Gasteiger partial charge in [-0.05, 0) is 62.4 Å². The average Bonchev–Trinajstić information content (AvgIpc) is 2.89. The molecule has 0 bridgehead atoms. The molecule has 1 saturated heterocycles. The van der Waals surface area contributed by atoms with Gasteiger partial charge in [0.05, 0.1) is 37.0 Å². The molecule has 2 N–H and O–H groups in total. The maximum absolute atomic E-state index is 14.7. The number of halogens is 4. The molecule has 3 aromatic rings. The van der Waals surface area contributed by atoms with Crippen LogP contribution in [0.15, 0.2) is 36.5 Å². The largest absolute Gasteiger partial charge is 0.497 e. The van der Waals surface area contributed by atoms with Crippen LogP contribution in [0, 0.1) is 40.5 Å². The Kier molecular flexibility index (Phi) is 8.32. The molecule has 0 amide bonds. The Morgan fingerprint density at radius 1 is 1.08 bits per heavy atom. The zero-order valence-electron chi connectivity index (χ0n) is 20.4. The molecule has 2 aromatic carbocycles. The summed E-state index contributed by atoms with van der Waals surface area (Å²) in [4.78, 5) is 6.09. The summed E-state index contributed by atoms with van der Waals surface area (Å²) in [7, 11) is 1.51. The molecule has 0 unspecified atom stereocenters. The van der Waals surface area contributed by atoms with Crippen molar-refractivity contribution in [2.24, 2.45) is 5.41 Å². The maximum atomic E-state index is 14.7. The first-order valence-electron chi connectivity index (χ1n) is 12.0. The van der Waals surface area contributed by atoms with Crippen LogP contribution < -0.4 is 4.74 Å². The van der Waals surface area contributed by atoms with E-state index in [1.165, 1.54) is 7.11 Å². The Hall–Kier alpha value is -3.19. The highest BCUT2D eigenvalue weighted by Gasteiger charge is 2.34. The molecule has 4 rings (SSSR count). The summed E-state index contributed by atoms with van der Waals surface area (Å²) in [6.45, 7) is 1.35. The standard InChI is InChI=1S/C28H28F4N2O3/c1-37-19-4-5-25-21(15-19)27(24(32)16-33-25)26(36)6-7-28(17-35)8-11-34(12-9-28)10-2-3-20-22(30)13-18(29)14-23(20)31/h4-5,13-16,26,35-36H,6-12,17H2,1H3/t26-/m0/s1. The minimum absolute atomic E-state index is 0.0847. The Morgan fingerprint density at radius 3 is 2.43 bits per heavy atom. The number of fused-ring (bicyclic) bond motifs is 1. The fourth-order valence-electron chi connectivity index (χ4n) is 4.79. The molecule has 0 spiro atoms. The number of piperidine rings is 1. The lowest BCUT2D eigenvalue weighted by Crippen LogP contribution is -2.42. The third-order valence-electron chi connectivity index (χ3n) is 7.12. The second-order valence-corrected chi connectivity index (χ2v) is 9.44. The molecule has 37 heavy (non-hydrogen) atoms. The van der Waals surface area contributed by atoms with Crippen molar-refractivity contribution in [3.05, 3.63) is 70.9 Å². The smallest absolute Gasteiger partial charge is 0.147 e. The van der Waals surface area contributed by atoms with Gasteiger partial charge in [0, 0.05) is 29.7 Å². The monoisotopic (exact) mass is 516 g/mol. The Morgan fingerprint density at radius 2 is 1.78 bits per heavy atom. The first kappa shape index (κ1) is 26.9. The molecule has 5 nitrogen and oxygen atoms in total. The number of rotatable bonds is 7. The third kappa shape index (κ3) is 6.04. The van der Waals surface area contributed by atoms with E-state index in [0.29, 0.717) is 61.1 Å². The second kappa shape index (κ2) is 11.5. The van der Waals surface area contributed by atoms with Gasteiger partial charge in [-0.15, -0.1) is 0 Å². The van der Waals surface area contributed by atoms with Crippen LogP contribution in [0.3, 0.4) is 0 Å². The highest BCUT2D eigenvalue weighted by atomic mass is 19.1. The highest BCUT2D eigenvalue weighted by Crippen LogP contribution is 2.39. The number of pyridine rings is 1. The molecule has 196 valence electrons. The van der Waals surface area contributed by atoms with E-state index in [2.05, 4.69) is 16.8 Å². The van der Waals surface area contributed by atoms with Crippen LogP contribution in [-0.4, -0.2) is 53.4 Å². The van der Waals surface area contributed by atoms with Crippen LogP contribution in [0.1, 0.15) is 42.9 Å². The van der Waals surface area contributed by atoms with Crippen molar-refractivity contribution in [2.45, 2.75) is 31.8 Å². The minimum Gasteiger partial charge on any atom is -0.497 e. The molecule has 1 aliphatic rings. The molecular formula is C28H28F4N2O3. The molecular weight excluding hydrogens is 488 g/mol. The van der Waals surface area contributed by atoms with E-state index in [1.807, 2.05) is 4.90 Å². The lowest BCUT2D eigenvalue weighted by atomic mass is 9.74. The van der Waals surface area contributed by atoms with Crippen LogP contribution in [0.2, 0.25) is 0 Å². The normalized spacial score (nSPS) is 16.3. The van der Waals surface area contributed by atoms with Gasteiger partial charge >= 0.3 is 0 Å². The highest BCUT2D eigenvalue weighted by molar-refractivity contribution is 5.84. The third-order valence-corrected chi connectivity index (χ3v) is 7.12. The number of likely N-dealkylation sites (tertiary alicyclic amines) is 1. The van der Waals surface area contributed by atoms with Crippen LogP contribution in [0.5, 0.6) is 5.75 Å². The van der Waals surface area contributed by atoms with Crippen molar-refractivity contribution in [1.29, 1.82) is 0 Å². The van der Waals surface area contributed by atoms with Crippen molar-refractivity contribution in [3.8, 4) is 17.6 Å². The number of hydrogen-bond donors (Lipinski definition) is 2. The van der Waals surface area contributed by atoms with E-state index in [1.54, 1.807) is 18.2 Å². The molecule has 0 saturated carbocycles. The quantitative estimate of drug-likeness (QED) is 0.351. The molecule has 2 heterocycles. The van der Waals surface area contributed by atoms with Gasteiger partial charge in [0.25, 0.3) is 0 Å². The van der Waals surface area contributed by atoms with Gasteiger partial charge in [-0.1, -0.05) is 11.8 Å². The lowest BCUT2D eigenvalue weighted by Gasteiger charge is -2.40. The second-order valence-electron chi connectivity index (χ2n) is 9.44. The number of hydrogen-bond acceptors (Lipinski definition) is 5. The minimum atomic E-state index is -1.09. The predicted octanol–water partition coefficient (Wildman–Crippen LogP) is 4.74. The van der Waals surface area contributed by atoms with Crippen LogP contribution >= 0.6 is 0 Å². The van der Waals surface area contributed by atoms with Gasteiger partial charge < -0.3 is 14.9 Å². The maximum Gasteiger partial charge on any atom is 0.147 e. The Bertz CT molecular complexity index is 1310. The number of aliphatic hydroxyl groups excluding tert-OH is 2. The molecule has 1 aliphatic heterocycles. The zero-order chi connectivity index (χ0) is 26.6. The lowest BCUT2D eigenvalue weighted by molar-refractivity contribution is 0.0270. The van der Waals surface area contributed by atoms with Crippen LogP contribution in [-0.2, 0) is 0 Å². The molecule has 1 atom stereocenters. The van der Waals surface area contributed by atoms with Crippen molar-refractivity contribution in [3.63, 3.8) is 0 Å². The SMILES string of the molecule is COc1ccc2ncc(F)c([C@@H](O)CCC3(CO)CCN(CC#Cc4c(F)cc(F)cc4F)CC3)c2c1. The van der Waals surface area contributed by atoms with E-state index in [0.717, 1.165) is 6.20 Å². The molecule has 0 aliphatic carbocycles. The Balaban J connectivity index is 1.38. The number of ether oxygens (including phenoxy) is 1. The number of nitrogens with zero attached hydrogens (tertiary/aromatic N) is 2. The van der Waals surface area contributed by atoms with Gasteiger partial charge in [0.15, 0.2) is 0 Å². The van der Waals surface area contributed by atoms with Crippen LogP contribution in [0.4, 0.5) is 17.6 Å². The van der Waals surface area contributed by atoms with E-state index >= 15 is 0 Å². The predicted molar refractivity (Wildman–Crippen MR) is 131 cm³/mol. The number of aromatic nitrogens is 1. The first-order chi connectivity index (χ1) is 17.7. The van der Waals surface area contributed by atoms with Gasteiger partial charge in [-0.25, -0.2) is 17.6 Å². The molecule has 9 heteroatoms. The fourth-order valence-corrected chi connectivity index (χ4v) is 4.79. The van der Waals surface area contributed by atoms with Crippen molar-refractivity contribution < 1.29 is 32.5 Å².